The van der Waals surface area contributed by atoms with Gasteiger partial charge in [0.05, 0.1) is 8.81 Å². The summed E-state index contributed by atoms with van der Waals surface area (Å²) in [4.78, 5) is 0. The number of hydrogen-bond acceptors (Lipinski definition) is 2. The van der Waals surface area contributed by atoms with E-state index in [0.29, 0.717) is 4.47 Å². The molecule has 0 spiro atoms. The van der Waals surface area contributed by atoms with Crippen molar-refractivity contribution in [2.75, 3.05) is 5.32 Å². The van der Waals surface area contributed by atoms with Crippen molar-refractivity contribution in [3.63, 3.8) is 0 Å². The number of nitrogens with one attached hydrogen (secondary N) is 1. The Hall–Kier alpha value is -0.580. The molecule has 1 aromatic heterocycles. The summed E-state index contributed by atoms with van der Waals surface area (Å²) < 4.78 is 14.3. The van der Waals surface area contributed by atoms with E-state index < -0.39 is 0 Å². The van der Waals surface area contributed by atoms with Crippen molar-refractivity contribution >= 4 is 44.6 Å². The van der Waals surface area contributed by atoms with Gasteiger partial charge in [-0.05, 0) is 58.1 Å². The molecule has 1 unspecified atom stereocenters. The van der Waals surface area contributed by atoms with Crippen LogP contribution in [0.15, 0.2) is 34.1 Å². The van der Waals surface area contributed by atoms with Gasteiger partial charge in [0.25, 0.3) is 0 Å². The van der Waals surface area contributed by atoms with Crippen LogP contribution in [0.25, 0.3) is 0 Å². The van der Waals surface area contributed by atoms with Crippen LogP contribution in [0.1, 0.15) is 18.5 Å². The number of anilines is 1. The Labute approximate surface area is 117 Å². The molecule has 0 bridgehead atoms. The molecule has 0 saturated heterocycles. The summed E-state index contributed by atoms with van der Waals surface area (Å²) in [6.45, 7) is 2.04. The van der Waals surface area contributed by atoms with Crippen molar-refractivity contribution in [3.8, 4) is 0 Å². The Morgan fingerprint density at radius 3 is 2.76 bits per heavy atom. The van der Waals surface area contributed by atoms with Crippen LogP contribution in [0.5, 0.6) is 0 Å². The summed E-state index contributed by atoms with van der Waals surface area (Å²) in [5.74, 6) is -0.262. The SMILES string of the molecule is CC(Nc1ccc(F)c(Br)c1)c1csc(Cl)c1. The van der Waals surface area contributed by atoms with Gasteiger partial charge in [-0.3, -0.25) is 0 Å². The van der Waals surface area contributed by atoms with Gasteiger partial charge in [0, 0.05) is 11.7 Å². The fourth-order valence-corrected chi connectivity index (χ4v) is 2.83. The summed E-state index contributed by atoms with van der Waals surface area (Å²) in [5.41, 5.74) is 1.99. The standard InChI is InChI=1S/C12H10BrClFNS/c1-7(8-4-12(14)17-6-8)16-9-2-3-11(15)10(13)5-9/h2-7,16H,1H3. The van der Waals surface area contributed by atoms with E-state index in [1.807, 2.05) is 18.4 Å². The minimum atomic E-state index is -0.262. The van der Waals surface area contributed by atoms with Crippen molar-refractivity contribution in [2.45, 2.75) is 13.0 Å². The quantitative estimate of drug-likeness (QED) is 0.784. The maximum atomic E-state index is 13.1. The third kappa shape index (κ3) is 3.21. The zero-order valence-corrected chi connectivity index (χ0v) is 12.2. The Morgan fingerprint density at radius 2 is 2.18 bits per heavy atom. The number of benzene rings is 1. The molecule has 17 heavy (non-hydrogen) atoms. The molecule has 0 fully saturated rings. The largest absolute Gasteiger partial charge is 0.378 e. The molecule has 0 aliphatic heterocycles. The molecule has 0 saturated carbocycles. The van der Waals surface area contributed by atoms with Crippen molar-refractivity contribution < 1.29 is 4.39 Å². The van der Waals surface area contributed by atoms with Gasteiger partial charge in [-0.1, -0.05) is 11.6 Å². The van der Waals surface area contributed by atoms with Crippen molar-refractivity contribution in [3.05, 3.63) is 49.8 Å². The number of rotatable bonds is 3. The first-order valence-corrected chi connectivity index (χ1v) is 7.07. The molecule has 0 aliphatic carbocycles. The van der Waals surface area contributed by atoms with E-state index in [9.17, 15) is 4.39 Å². The Bertz CT molecular complexity index is 529. The molecular weight excluding hydrogens is 325 g/mol. The lowest BCUT2D eigenvalue weighted by Crippen LogP contribution is -2.05. The van der Waals surface area contributed by atoms with E-state index in [1.165, 1.54) is 17.4 Å². The topological polar surface area (TPSA) is 12.0 Å². The van der Waals surface area contributed by atoms with E-state index in [4.69, 9.17) is 11.6 Å². The molecule has 0 amide bonds. The summed E-state index contributed by atoms with van der Waals surface area (Å²) in [6.07, 6.45) is 0. The van der Waals surface area contributed by atoms with E-state index in [2.05, 4.69) is 21.2 Å². The Kier molecular flexibility index (Phi) is 4.07. The van der Waals surface area contributed by atoms with Gasteiger partial charge in [0.15, 0.2) is 0 Å². The van der Waals surface area contributed by atoms with Crippen molar-refractivity contribution in [1.82, 2.24) is 0 Å². The summed E-state index contributed by atoms with van der Waals surface area (Å²) in [6, 6.07) is 6.93. The Morgan fingerprint density at radius 1 is 1.41 bits per heavy atom. The lowest BCUT2D eigenvalue weighted by molar-refractivity contribution is 0.621. The number of thiophene rings is 1. The van der Waals surface area contributed by atoms with Crippen LogP contribution in [-0.2, 0) is 0 Å². The predicted molar refractivity (Wildman–Crippen MR) is 75.5 cm³/mol. The van der Waals surface area contributed by atoms with Gasteiger partial charge in [-0.2, -0.15) is 0 Å². The number of halogens is 3. The van der Waals surface area contributed by atoms with Crippen LogP contribution in [0.4, 0.5) is 10.1 Å². The first-order valence-electron chi connectivity index (χ1n) is 5.02. The monoisotopic (exact) mass is 333 g/mol. The molecule has 1 N–H and O–H groups in total. The third-order valence-electron chi connectivity index (χ3n) is 2.39. The highest BCUT2D eigenvalue weighted by molar-refractivity contribution is 9.10. The van der Waals surface area contributed by atoms with Gasteiger partial charge in [0.1, 0.15) is 5.82 Å². The fourth-order valence-electron chi connectivity index (χ4n) is 1.47. The van der Waals surface area contributed by atoms with Gasteiger partial charge in [0.2, 0.25) is 0 Å². The molecule has 1 aromatic carbocycles. The normalized spacial score (nSPS) is 12.5. The molecule has 1 nitrogen and oxygen atoms in total. The first-order chi connectivity index (χ1) is 8.06. The van der Waals surface area contributed by atoms with Crippen LogP contribution >= 0.6 is 38.9 Å². The van der Waals surface area contributed by atoms with Crippen LogP contribution in [-0.4, -0.2) is 0 Å². The minimum Gasteiger partial charge on any atom is -0.378 e. The van der Waals surface area contributed by atoms with E-state index in [0.717, 1.165) is 15.6 Å². The van der Waals surface area contributed by atoms with Gasteiger partial charge >= 0.3 is 0 Å². The van der Waals surface area contributed by atoms with Gasteiger partial charge < -0.3 is 5.32 Å². The highest BCUT2D eigenvalue weighted by Gasteiger charge is 2.08. The molecule has 1 heterocycles. The molecule has 0 aliphatic rings. The summed E-state index contributed by atoms with van der Waals surface area (Å²) >= 11 is 10.6. The highest BCUT2D eigenvalue weighted by atomic mass is 79.9. The Balaban J connectivity index is 2.12. The average molecular weight is 335 g/mol. The van der Waals surface area contributed by atoms with Crippen LogP contribution in [0.3, 0.4) is 0 Å². The predicted octanol–water partition coefficient (Wildman–Crippen LogP) is 5.48. The van der Waals surface area contributed by atoms with Gasteiger partial charge in [-0.25, -0.2) is 4.39 Å². The van der Waals surface area contributed by atoms with Crippen LogP contribution in [0.2, 0.25) is 4.34 Å². The molecule has 5 heteroatoms. The molecule has 1 atom stereocenters. The molecule has 2 aromatic rings. The zero-order chi connectivity index (χ0) is 12.4. The smallest absolute Gasteiger partial charge is 0.137 e. The van der Waals surface area contributed by atoms with Crippen LogP contribution in [0, 0.1) is 5.82 Å². The molecule has 90 valence electrons. The maximum Gasteiger partial charge on any atom is 0.137 e. The average Bonchev–Trinajstić information content (AvgIpc) is 2.70. The summed E-state index contributed by atoms with van der Waals surface area (Å²) in [7, 11) is 0. The molecule has 0 radical (unpaired) electrons. The van der Waals surface area contributed by atoms with E-state index >= 15 is 0 Å². The van der Waals surface area contributed by atoms with E-state index in [1.54, 1.807) is 12.1 Å². The van der Waals surface area contributed by atoms with Crippen molar-refractivity contribution in [2.24, 2.45) is 0 Å². The molecular formula is C12H10BrClFNS. The lowest BCUT2D eigenvalue weighted by atomic mass is 10.1. The van der Waals surface area contributed by atoms with Crippen LogP contribution < -0.4 is 5.32 Å². The second kappa shape index (κ2) is 5.38. The first kappa shape index (κ1) is 12.9. The van der Waals surface area contributed by atoms with Crippen molar-refractivity contribution in [1.29, 1.82) is 0 Å². The second-order valence-electron chi connectivity index (χ2n) is 3.68. The van der Waals surface area contributed by atoms with Gasteiger partial charge in [-0.15, -0.1) is 11.3 Å². The fraction of sp³-hybridized carbons (Fsp3) is 0.167. The van der Waals surface area contributed by atoms with E-state index in [-0.39, 0.29) is 11.9 Å². The second-order valence-corrected chi connectivity index (χ2v) is 6.08. The maximum absolute atomic E-state index is 13.1. The highest BCUT2D eigenvalue weighted by Crippen LogP contribution is 2.28. The number of hydrogen-bond donors (Lipinski definition) is 1. The third-order valence-corrected chi connectivity index (χ3v) is 4.11. The zero-order valence-electron chi connectivity index (χ0n) is 9.01. The molecule has 2 rings (SSSR count). The minimum absolute atomic E-state index is 0.135. The lowest BCUT2D eigenvalue weighted by Gasteiger charge is -2.14. The summed E-state index contributed by atoms with van der Waals surface area (Å²) in [5, 5.41) is 5.30.